The minimum atomic E-state index is -0.117. The van der Waals surface area contributed by atoms with Crippen LogP contribution in [0.4, 0.5) is 0 Å². The molecule has 1 aliphatic heterocycles. The molecule has 1 saturated heterocycles. The second kappa shape index (κ2) is 8.25. The highest BCUT2D eigenvalue weighted by Gasteiger charge is 2.26. The first kappa shape index (κ1) is 19.5. The van der Waals surface area contributed by atoms with Gasteiger partial charge in [-0.15, -0.1) is 5.10 Å². The highest BCUT2D eigenvalue weighted by atomic mass is 35.5. The van der Waals surface area contributed by atoms with Crippen LogP contribution in [0.15, 0.2) is 48.7 Å². The second-order valence-electron chi connectivity index (χ2n) is 7.38. The Morgan fingerprint density at radius 2 is 1.90 bits per heavy atom. The number of rotatable bonds is 4. The molecule has 3 aromatic rings. The van der Waals surface area contributed by atoms with E-state index in [2.05, 4.69) is 42.4 Å². The number of hydrogen-bond donors (Lipinski definition) is 0. The maximum atomic E-state index is 12.8. The smallest absolute Gasteiger partial charge is 0.276 e. The van der Waals surface area contributed by atoms with Gasteiger partial charge in [0.05, 0.1) is 16.9 Å². The highest BCUT2D eigenvalue weighted by molar-refractivity contribution is 6.32. The maximum absolute atomic E-state index is 12.8. The second-order valence-corrected chi connectivity index (χ2v) is 7.79. The van der Waals surface area contributed by atoms with Crippen LogP contribution in [0.2, 0.25) is 5.02 Å². The zero-order chi connectivity index (χ0) is 20.4. The zero-order valence-corrected chi connectivity index (χ0v) is 17.3. The number of ether oxygens (including phenoxy) is 1. The van der Waals surface area contributed by atoms with Gasteiger partial charge in [-0.25, -0.2) is 4.68 Å². The van der Waals surface area contributed by atoms with E-state index in [4.69, 9.17) is 16.3 Å². The number of hydrogen-bond acceptors (Lipinski definition) is 4. The molecule has 0 radical (unpaired) electrons. The van der Waals surface area contributed by atoms with Crippen LogP contribution in [-0.4, -0.2) is 45.0 Å². The number of amides is 1. The lowest BCUT2D eigenvalue weighted by Crippen LogP contribution is -2.42. The molecule has 1 amide bonds. The predicted molar refractivity (Wildman–Crippen MR) is 112 cm³/mol. The molecule has 29 heavy (non-hydrogen) atoms. The van der Waals surface area contributed by atoms with Crippen LogP contribution in [0.3, 0.4) is 0 Å². The van der Waals surface area contributed by atoms with Crippen LogP contribution in [0.1, 0.15) is 34.5 Å². The van der Waals surface area contributed by atoms with Crippen molar-refractivity contribution in [2.24, 2.45) is 0 Å². The van der Waals surface area contributed by atoms with E-state index in [9.17, 15) is 4.79 Å². The quantitative estimate of drug-likeness (QED) is 0.646. The van der Waals surface area contributed by atoms with E-state index in [1.54, 1.807) is 12.3 Å². The largest absolute Gasteiger partial charge is 0.490 e. The Morgan fingerprint density at radius 3 is 2.66 bits per heavy atom. The van der Waals surface area contributed by atoms with E-state index in [0.717, 1.165) is 24.2 Å². The number of carbonyl (C=O) groups excluding carboxylic acids is 1. The van der Waals surface area contributed by atoms with E-state index < -0.39 is 0 Å². The normalized spacial score (nSPS) is 14.8. The van der Waals surface area contributed by atoms with E-state index in [1.807, 2.05) is 23.1 Å². The summed E-state index contributed by atoms with van der Waals surface area (Å²) in [6, 6.07) is 13.6. The summed E-state index contributed by atoms with van der Waals surface area (Å²) in [6.07, 6.45) is 3.32. The Kier molecular flexibility index (Phi) is 5.53. The molecule has 0 unspecified atom stereocenters. The summed E-state index contributed by atoms with van der Waals surface area (Å²) in [5.74, 6) is 0.811. The van der Waals surface area contributed by atoms with Crippen molar-refractivity contribution in [3.05, 3.63) is 70.5 Å². The average Bonchev–Trinajstić information content (AvgIpc) is 3.21. The van der Waals surface area contributed by atoms with Gasteiger partial charge in [-0.05, 0) is 43.2 Å². The fraction of sp³-hybridized carbons (Fsp3) is 0.318. The molecule has 1 aliphatic rings. The molecule has 0 spiro atoms. The van der Waals surface area contributed by atoms with Crippen LogP contribution >= 0.6 is 11.6 Å². The number of para-hydroxylation sites is 1. The number of piperidine rings is 1. The number of halogens is 1. The van der Waals surface area contributed by atoms with E-state index in [0.29, 0.717) is 29.5 Å². The van der Waals surface area contributed by atoms with Gasteiger partial charge >= 0.3 is 0 Å². The number of carbonyl (C=O) groups is 1. The number of benzene rings is 2. The van der Waals surface area contributed by atoms with Gasteiger partial charge < -0.3 is 9.64 Å². The first-order valence-electron chi connectivity index (χ1n) is 9.71. The summed E-state index contributed by atoms with van der Waals surface area (Å²) in [5.41, 5.74) is 3.32. The standard InChI is InChI=1S/C22H23ClN4O2/c1-15-7-8-16(2)21(13-15)29-17-9-11-26(12-10-17)22(28)19-14-27(25-24-19)20-6-4-3-5-18(20)23/h3-8,13-14,17H,9-12H2,1-2H3. The third-order valence-electron chi connectivity index (χ3n) is 5.18. The first-order valence-corrected chi connectivity index (χ1v) is 10.1. The fourth-order valence-electron chi connectivity index (χ4n) is 3.47. The minimum absolute atomic E-state index is 0.110. The lowest BCUT2D eigenvalue weighted by Gasteiger charge is -2.32. The summed E-state index contributed by atoms with van der Waals surface area (Å²) in [7, 11) is 0. The molecule has 6 nitrogen and oxygen atoms in total. The fourth-order valence-corrected chi connectivity index (χ4v) is 3.69. The molecule has 2 aromatic carbocycles. The van der Waals surface area contributed by atoms with Crippen molar-refractivity contribution in [1.29, 1.82) is 0 Å². The van der Waals surface area contributed by atoms with Crippen molar-refractivity contribution >= 4 is 17.5 Å². The molecule has 1 aromatic heterocycles. The number of aryl methyl sites for hydroxylation is 2. The highest BCUT2D eigenvalue weighted by Crippen LogP contribution is 2.25. The summed E-state index contributed by atoms with van der Waals surface area (Å²) in [4.78, 5) is 14.6. The monoisotopic (exact) mass is 410 g/mol. The van der Waals surface area contributed by atoms with Gasteiger partial charge in [0.25, 0.3) is 5.91 Å². The van der Waals surface area contributed by atoms with Crippen molar-refractivity contribution in [2.45, 2.75) is 32.8 Å². The van der Waals surface area contributed by atoms with Gasteiger partial charge in [-0.2, -0.15) is 0 Å². The average molecular weight is 411 g/mol. The van der Waals surface area contributed by atoms with Crippen LogP contribution < -0.4 is 4.74 Å². The lowest BCUT2D eigenvalue weighted by atomic mass is 10.1. The van der Waals surface area contributed by atoms with Crippen molar-refractivity contribution in [3.8, 4) is 11.4 Å². The molecule has 4 rings (SSSR count). The van der Waals surface area contributed by atoms with Crippen molar-refractivity contribution in [2.75, 3.05) is 13.1 Å². The molecule has 7 heteroatoms. The Morgan fingerprint density at radius 1 is 1.14 bits per heavy atom. The minimum Gasteiger partial charge on any atom is -0.490 e. The molecule has 0 saturated carbocycles. The van der Waals surface area contributed by atoms with E-state index >= 15 is 0 Å². The van der Waals surface area contributed by atoms with Crippen LogP contribution in [0.25, 0.3) is 5.69 Å². The SMILES string of the molecule is Cc1ccc(C)c(OC2CCN(C(=O)c3cn(-c4ccccc4Cl)nn3)CC2)c1. The summed E-state index contributed by atoms with van der Waals surface area (Å²) in [6.45, 7) is 5.37. The molecule has 0 aliphatic carbocycles. The summed E-state index contributed by atoms with van der Waals surface area (Å²) in [5, 5.41) is 8.67. The van der Waals surface area contributed by atoms with Gasteiger partial charge in [-0.1, -0.05) is 41.1 Å². The molecule has 1 fully saturated rings. The van der Waals surface area contributed by atoms with Gasteiger partial charge in [0, 0.05) is 25.9 Å². The Bertz CT molecular complexity index is 1030. The molecule has 0 bridgehead atoms. The van der Waals surface area contributed by atoms with Gasteiger partial charge in [0.15, 0.2) is 5.69 Å². The summed E-state index contributed by atoms with van der Waals surface area (Å²) < 4.78 is 7.72. The molecule has 0 atom stereocenters. The van der Waals surface area contributed by atoms with Crippen LogP contribution in [0.5, 0.6) is 5.75 Å². The summed E-state index contributed by atoms with van der Waals surface area (Å²) >= 11 is 6.20. The molecule has 0 N–H and O–H groups in total. The third-order valence-corrected chi connectivity index (χ3v) is 5.50. The molecule has 150 valence electrons. The van der Waals surface area contributed by atoms with Crippen LogP contribution in [-0.2, 0) is 0 Å². The maximum Gasteiger partial charge on any atom is 0.276 e. The van der Waals surface area contributed by atoms with Crippen LogP contribution in [0, 0.1) is 13.8 Å². The Labute approximate surface area is 175 Å². The van der Waals surface area contributed by atoms with Crippen molar-refractivity contribution in [3.63, 3.8) is 0 Å². The predicted octanol–water partition coefficient (Wildman–Crippen LogP) is 4.22. The molecular weight excluding hydrogens is 388 g/mol. The third kappa shape index (κ3) is 4.27. The number of aromatic nitrogens is 3. The van der Waals surface area contributed by atoms with Gasteiger partial charge in [0.2, 0.25) is 0 Å². The molecule has 2 heterocycles. The first-order chi connectivity index (χ1) is 14.0. The van der Waals surface area contributed by atoms with Gasteiger partial charge in [0.1, 0.15) is 11.9 Å². The van der Waals surface area contributed by atoms with Crippen molar-refractivity contribution < 1.29 is 9.53 Å². The lowest BCUT2D eigenvalue weighted by molar-refractivity contribution is 0.0589. The van der Waals surface area contributed by atoms with E-state index in [-0.39, 0.29) is 12.0 Å². The Hall–Kier alpha value is -2.86. The van der Waals surface area contributed by atoms with Gasteiger partial charge in [-0.3, -0.25) is 4.79 Å². The number of likely N-dealkylation sites (tertiary alicyclic amines) is 1. The molecular formula is C22H23ClN4O2. The Balaban J connectivity index is 1.38. The topological polar surface area (TPSA) is 60.2 Å². The van der Waals surface area contributed by atoms with Crippen molar-refractivity contribution in [1.82, 2.24) is 19.9 Å². The van der Waals surface area contributed by atoms with E-state index in [1.165, 1.54) is 10.2 Å². The zero-order valence-electron chi connectivity index (χ0n) is 16.5. The number of nitrogens with zero attached hydrogens (tertiary/aromatic N) is 4.